The largest absolute Gasteiger partial charge is 0.490 e. The molecule has 3 aromatic carbocycles. The van der Waals surface area contributed by atoms with Crippen LogP contribution in [0.4, 0.5) is 5.69 Å². The quantitative estimate of drug-likeness (QED) is 0.224. The fourth-order valence-corrected chi connectivity index (χ4v) is 3.62. The number of thioether (sulfide) groups is 1. The third-order valence-corrected chi connectivity index (χ3v) is 5.54. The molecule has 0 radical (unpaired) electrons. The molecule has 34 heavy (non-hydrogen) atoms. The van der Waals surface area contributed by atoms with Crippen LogP contribution in [0.15, 0.2) is 83.0 Å². The molecule has 176 valence electrons. The molecule has 0 saturated heterocycles. The molecule has 0 atom stereocenters. The fourth-order valence-electron chi connectivity index (χ4n) is 2.80. The van der Waals surface area contributed by atoms with Gasteiger partial charge in [0, 0.05) is 23.1 Å². The summed E-state index contributed by atoms with van der Waals surface area (Å²) in [6.07, 6.45) is 1.49. The van der Waals surface area contributed by atoms with Gasteiger partial charge in [-0.15, -0.1) is 5.10 Å². The lowest BCUT2D eigenvalue weighted by Gasteiger charge is -2.13. The van der Waals surface area contributed by atoms with Gasteiger partial charge in [0.2, 0.25) is 0 Å². The number of carbonyl (C=O) groups is 1. The normalized spacial score (nSPS) is 11.4. The standard InChI is InChI=1S/C25H25ClN4O3S/c1-2-32-22-13-19(15-28-30-25(27)34-17-18-9-5-3-6-10-18)21(26)14-23(22)33-16-24(31)29-20-11-7-4-8-12-20/h3-15H,2,16-17H2,1H3,(H2,27,30)(H,29,31). The Bertz CT molecular complexity index is 1140. The predicted molar refractivity (Wildman–Crippen MR) is 140 cm³/mol. The molecular weight excluding hydrogens is 472 g/mol. The van der Waals surface area contributed by atoms with E-state index in [0.717, 1.165) is 5.56 Å². The molecule has 0 bridgehead atoms. The average Bonchev–Trinajstić information content (AvgIpc) is 2.85. The van der Waals surface area contributed by atoms with Crippen LogP contribution in [0, 0.1) is 0 Å². The summed E-state index contributed by atoms with van der Waals surface area (Å²) in [5, 5.41) is 11.5. The Balaban J connectivity index is 1.62. The Morgan fingerprint density at radius 2 is 1.74 bits per heavy atom. The lowest BCUT2D eigenvalue weighted by atomic mass is 10.2. The zero-order valence-electron chi connectivity index (χ0n) is 18.6. The van der Waals surface area contributed by atoms with Gasteiger partial charge in [-0.2, -0.15) is 5.10 Å². The number of nitrogens with one attached hydrogen (secondary N) is 1. The Labute approximate surface area is 208 Å². The first-order valence-electron chi connectivity index (χ1n) is 10.5. The second-order valence-electron chi connectivity index (χ2n) is 6.91. The second kappa shape index (κ2) is 13.3. The van der Waals surface area contributed by atoms with E-state index in [-0.39, 0.29) is 12.5 Å². The number of para-hydroxylation sites is 1. The van der Waals surface area contributed by atoms with Crippen LogP contribution in [0.3, 0.4) is 0 Å². The van der Waals surface area contributed by atoms with Gasteiger partial charge in [-0.3, -0.25) is 4.79 Å². The van der Waals surface area contributed by atoms with E-state index < -0.39 is 0 Å². The van der Waals surface area contributed by atoms with Crippen molar-refractivity contribution in [1.82, 2.24) is 0 Å². The maximum atomic E-state index is 12.2. The molecule has 3 N–H and O–H groups in total. The van der Waals surface area contributed by atoms with Gasteiger partial charge in [0.1, 0.15) is 0 Å². The second-order valence-corrected chi connectivity index (χ2v) is 8.32. The molecule has 3 rings (SSSR count). The van der Waals surface area contributed by atoms with E-state index in [9.17, 15) is 4.79 Å². The van der Waals surface area contributed by atoms with Crippen molar-refractivity contribution in [2.45, 2.75) is 12.7 Å². The molecule has 0 fully saturated rings. The molecule has 0 heterocycles. The lowest BCUT2D eigenvalue weighted by molar-refractivity contribution is -0.118. The molecule has 0 aromatic heterocycles. The van der Waals surface area contributed by atoms with Crippen molar-refractivity contribution in [3.63, 3.8) is 0 Å². The average molecular weight is 497 g/mol. The number of rotatable bonds is 10. The molecule has 0 spiro atoms. The Kier molecular flexibility index (Phi) is 9.81. The van der Waals surface area contributed by atoms with Crippen LogP contribution in [0.1, 0.15) is 18.1 Å². The maximum absolute atomic E-state index is 12.2. The summed E-state index contributed by atoms with van der Waals surface area (Å²) in [4.78, 5) is 12.2. The fraction of sp³-hybridized carbons (Fsp3) is 0.160. The maximum Gasteiger partial charge on any atom is 0.262 e. The van der Waals surface area contributed by atoms with Crippen molar-refractivity contribution < 1.29 is 14.3 Å². The summed E-state index contributed by atoms with van der Waals surface area (Å²) in [5.41, 5.74) is 8.34. The first kappa shape index (κ1) is 25.1. The van der Waals surface area contributed by atoms with Crippen LogP contribution in [0.25, 0.3) is 0 Å². The van der Waals surface area contributed by atoms with Gasteiger partial charge in [0.05, 0.1) is 17.8 Å². The Hall–Kier alpha value is -3.49. The number of nitrogens with zero attached hydrogens (tertiary/aromatic N) is 2. The van der Waals surface area contributed by atoms with E-state index in [4.69, 9.17) is 26.8 Å². The summed E-state index contributed by atoms with van der Waals surface area (Å²) in [6.45, 7) is 2.06. The Morgan fingerprint density at radius 3 is 2.44 bits per heavy atom. The third kappa shape index (κ3) is 8.13. The van der Waals surface area contributed by atoms with Gasteiger partial charge in [-0.25, -0.2) is 0 Å². The molecule has 9 heteroatoms. The number of hydrogen-bond donors (Lipinski definition) is 2. The van der Waals surface area contributed by atoms with Gasteiger partial charge in [0.25, 0.3) is 5.91 Å². The van der Waals surface area contributed by atoms with E-state index in [1.165, 1.54) is 18.0 Å². The SMILES string of the molecule is CCOc1cc(C=NN=C(N)SCc2ccccc2)c(Cl)cc1OCC(=O)Nc1ccccc1. The zero-order valence-corrected chi connectivity index (χ0v) is 20.2. The summed E-state index contributed by atoms with van der Waals surface area (Å²) in [7, 11) is 0. The van der Waals surface area contributed by atoms with Crippen LogP contribution in [-0.4, -0.2) is 30.5 Å². The summed E-state index contributed by atoms with van der Waals surface area (Å²) >= 11 is 7.78. The van der Waals surface area contributed by atoms with Crippen molar-refractivity contribution >= 4 is 46.3 Å². The van der Waals surface area contributed by atoms with E-state index in [2.05, 4.69) is 15.5 Å². The van der Waals surface area contributed by atoms with Gasteiger partial charge < -0.3 is 20.5 Å². The number of carbonyl (C=O) groups excluding carboxylic acids is 1. The summed E-state index contributed by atoms with van der Waals surface area (Å²) in [5.74, 6) is 1.20. The Morgan fingerprint density at radius 1 is 1.06 bits per heavy atom. The van der Waals surface area contributed by atoms with Crippen LogP contribution >= 0.6 is 23.4 Å². The molecule has 3 aromatic rings. The van der Waals surface area contributed by atoms with E-state index >= 15 is 0 Å². The zero-order chi connectivity index (χ0) is 24.2. The third-order valence-electron chi connectivity index (χ3n) is 4.36. The van der Waals surface area contributed by atoms with Crippen molar-refractivity contribution in [3.8, 4) is 11.5 Å². The number of hydrogen-bond acceptors (Lipinski definition) is 6. The van der Waals surface area contributed by atoms with Crippen molar-refractivity contribution in [1.29, 1.82) is 0 Å². The minimum absolute atomic E-state index is 0.196. The predicted octanol–water partition coefficient (Wildman–Crippen LogP) is 5.34. The minimum atomic E-state index is -0.298. The highest BCUT2D eigenvalue weighted by Crippen LogP contribution is 2.33. The first-order chi connectivity index (χ1) is 16.5. The number of nitrogens with two attached hydrogens (primary N) is 1. The molecule has 0 aliphatic rings. The number of anilines is 1. The van der Waals surface area contributed by atoms with Gasteiger partial charge in [-0.1, -0.05) is 71.9 Å². The number of ether oxygens (including phenoxy) is 2. The molecule has 0 unspecified atom stereocenters. The van der Waals surface area contributed by atoms with E-state index in [1.807, 2.05) is 55.5 Å². The first-order valence-corrected chi connectivity index (χ1v) is 11.9. The highest BCUT2D eigenvalue weighted by Gasteiger charge is 2.12. The highest BCUT2D eigenvalue weighted by molar-refractivity contribution is 8.13. The molecule has 0 saturated carbocycles. The van der Waals surface area contributed by atoms with Crippen LogP contribution in [0.2, 0.25) is 5.02 Å². The van der Waals surface area contributed by atoms with Crippen LogP contribution in [-0.2, 0) is 10.5 Å². The molecule has 0 aliphatic heterocycles. The minimum Gasteiger partial charge on any atom is -0.490 e. The summed E-state index contributed by atoms with van der Waals surface area (Å²) < 4.78 is 11.3. The summed E-state index contributed by atoms with van der Waals surface area (Å²) in [6, 6.07) is 22.4. The topological polar surface area (TPSA) is 98.3 Å². The molecule has 1 amide bonds. The van der Waals surface area contributed by atoms with E-state index in [1.54, 1.807) is 24.3 Å². The van der Waals surface area contributed by atoms with Crippen molar-refractivity contribution in [3.05, 3.63) is 88.9 Å². The number of halogens is 1. The van der Waals surface area contributed by atoms with Crippen molar-refractivity contribution in [2.24, 2.45) is 15.9 Å². The van der Waals surface area contributed by atoms with Gasteiger partial charge in [0.15, 0.2) is 23.3 Å². The lowest BCUT2D eigenvalue weighted by Crippen LogP contribution is -2.20. The molecular formula is C25H25ClN4O3S. The van der Waals surface area contributed by atoms with Crippen molar-refractivity contribution in [2.75, 3.05) is 18.5 Å². The smallest absolute Gasteiger partial charge is 0.262 e. The molecule has 0 aliphatic carbocycles. The van der Waals surface area contributed by atoms with Crippen LogP contribution in [0.5, 0.6) is 11.5 Å². The molecule has 7 nitrogen and oxygen atoms in total. The van der Waals surface area contributed by atoms with E-state index in [0.29, 0.717) is 45.3 Å². The monoisotopic (exact) mass is 496 g/mol. The number of amidine groups is 1. The highest BCUT2D eigenvalue weighted by atomic mass is 35.5. The van der Waals surface area contributed by atoms with Gasteiger partial charge >= 0.3 is 0 Å². The van der Waals surface area contributed by atoms with Gasteiger partial charge in [-0.05, 0) is 30.7 Å². The number of amides is 1. The van der Waals surface area contributed by atoms with Crippen LogP contribution < -0.4 is 20.5 Å². The number of benzene rings is 3.